The van der Waals surface area contributed by atoms with Crippen LogP contribution >= 0.6 is 0 Å². The molecule has 0 aliphatic carbocycles. The molecule has 0 radical (unpaired) electrons. The molecule has 3 rings (SSSR count). The van der Waals surface area contributed by atoms with E-state index in [1.165, 1.54) is 17.6 Å². The van der Waals surface area contributed by atoms with Crippen LogP contribution in [0.1, 0.15) is 10.5 Å². The Morgan fingerprint density at radius 2 is 2.24 bits per heavy atom. The van der Waals surface area contributed by atoms with E-state index in [0.717, 1.165) is 0 Å². The lowest BCUT2D eigenvalue weighted by Crippen LogP contribution is -2.24. The van der Waals surface area contributed by atoms with Gasteiger partial charge in [0.2, 0.25) is 0 Å². The molecule has 25 heavy (non-hydrogen) atoms. The quantitative estimate of drug-likeness (QED) is 0.714. The number of hydrogen-bond acceptors (Lipinski definition) is 4. The molecule has 0 atom stereocenters. The number of nitrogens with two attached hydrogens (primary N) is 1. The molecule has 1 aromatic carbocycles. The topological polar surface area (TPSA) is 81.6 Å². The van der Waals surface area contributed by atoms with Crippen molar-refractivity contribution < 1.29 is 13.9 Å². The maximum absolute atomic E-state index is 14.4. The van der Waals surface area contributed by atoms with Gasteiger partial charge < -0.3 is 15.8 Å². The summed E-state index contributed by atoms with van der Waals surface area (Å²) in [5.74, 6) is 1.84. The third kappa shape index (κ3) is 2.74. The van der Waals surface area contributed by atoms with Gasteiger partial charge in [0.25, 0.3) is 5.91 Å². The summed E-state index contributed by atoms with van der Waals surface area (Å²) in [6, 6.07) is 7.90. The van der Waals surface area contributed by atoms with Crippen LogP contribution in [0.15, 0.2) is 36.5 Å². The van der Waals surface area contributed by atoms with E-state index in [-0.39, 0.29) is 23.6 Å². The van der Waals surface area contributed by atoms with Crippen molar-refractivity contribution in [3.05, 3.63) is 48.0 Å². The van der Waals surface area contributed by atoms with Gasteiger partial charge in [-0.15, -0.1) is 6.42 Å². The van der Waals surface area contributed by atoms with E-state index in [2.05, 4.69) is 16.2 Å². The van der Waals surface area contributed by atoms with E-state index in [1.807, 2.05) is 0 Å². The third-order valence-corrected chi connectivity index (χ3v) is 3.72. The lowest BCUT2D eigenvalue weighted by Gasteiger charge is -2.10. The van der Waals surface area contributed by atoms with Gasteiger partial charge in [-0.2, -0.15) is 0 Å². The first-order valence-electron chi connectivity index (χ1n) is 7.39. The van der Waals surface area contributed by atoms with E-state index in [0.29, 0.717) is 17.0 Å². The SMILES string of the molecule is C#CCNC(=O)c1nc2c(-c3c(F)cccc3OC)cccn2c1N. The van der Waals surface area contributed by atoms with Gasteiger partial charge in [0.05, 0.1) is 19.2 Å². The molecule has 0 spiro atoms. The first-order valence-corrected chi connectivity index (χ1v) is 7.39. The lowest BCUT2D eigenvalue weighted by atomic mass is 10.1. The average Bonchev–Trinajstić information content (AvgIpc) is 2.96. The van der Waals surface area contributed by atoms with Crippen LogP contribution in [0.3, 0.4) is 0 Å². The number of carbonyl (C=O) groups is 1. The minimum Gasteiger partial charge on any atom is -0.496 e. The number of halogens is 1. The molecule has 0 aliphatic heterocycles. The summed E-state index contributed by atoms with van der Waals surface area (Å²) in [6.07, 6.45) is 6.78. The summed E-state index contributed by atoms with van der Waals surface area (Å²) in [5, 5.41) is 2.51. The van der Waals surface area contributed by atoms with Crippen molar-refractivity contribution in [3.63, 3.8) is 0 Å². The number of carbonyl (C=O) groups excluding carboxylic acids is 1. The number of rotatable bonds is 4. The number of imidazole rings is 1. The van der Waals surface area contributed by atoms with E-state index in [9.17, 15) is 9.18 Å². The fourth-order valence-electron chi connectivity index (χ4n) is 2.60. The first-order chi connectivity index (χ1) is 12.1. The number of benzene rings is 1. The molecule has 0 unspecified atom stereocenters. The van der Waals surface area contributed by atoms with Crippen LogP contribution in [0, 0.1) is 18.2 Å². The van der Waals surface area contributed by atoms with E-state index >= 15 is 0 Å². The highest BCUT2D eigenvalue weighted by atomic mass is 19.1. The number of terminal acetylenes is 1. The van der Waals surface area contributed by atoms with Gasteiger partial charge in [0.1, 0.15) is 23.0 Å². The standard InChI is InChI=1S/C18H15FN4O2/c1-3-9-21-18(24)15-16(20)23-10-5-6-11(17(23)22-15)14-12(19)7-4-8-13(14)25-2/h1,4-8,10H,9,20H2,2H3,(H,21,24). The molecular formula is C18H15FN4O2. The molecule has 3 aromatic rings. The smallest absolute Gasteiger partial charge is 0.274 e. The molecule has 2 aromatic heterocycles. The Balaban J connectivity index is 2.23. The van der Waals surface area contributed by atoms with Gasteiger partial charge in [0.15, 0.2) is 5.69 Å². The minimum atomic E-state index is -0.495. The van der Waals surface area contributed by atoms with Gasteiger partial charge in [-0.3, -0.25) is 9.20 Å². The molecular weight excluding hydrogens is 323 g/mol. The maximum atomic E-state index is 14.4. The van der Waals surface area contributed by atoms with Crippen molar-refractivity contribution in [3.8, 4) is 29.2 Å². The average molecular weight is 338 g/mol. The molecule has 1 amide bonds. The van der Waals surface area contributed by atoms with Crippen molar-refractivity contribution in [2.24, 2.45) is 0 Å². The summed E-state index contributed by atoms with van der Waals surface area (Å²) in [6.45, 7) is 0.0557. The molecule has 3 N–H and O–H groups in total. The zero-order valence-electron chi connectivity index (χ0n) is 13.4. The molecule has 0 bridgehead atoms. The number of ether oxygens (including phenoxy) is 1. The molecule has 0 saturated carbocycles. The number of fused-ring (bicyclic) bond motifs is 1. The summed E-state index contributed by atoms with van der Waals surface area (Å²) < 4.78 is 21.2. The maximum Gasteiger partial charge on any atom is 0.274 e. The van der Waals surface area contributed by atoms with Gasteiger partial charge in [-0.25, -0.2) is 9.37 Å². The molecule has 2 heterocycles. The predicted molar refractivity (Wildman–Crippen MR) is 92.7 cm³/mol. The Morgan fingerprint density at radius 1 is 1.44 bits per heavy atom. The summed E-state index contributed by atoms with van der Waals surface area (Å²) in [5.41, 5.74) is 7.10. The van der Waals surface area contributed by atoms with Crippen LogP contribution in [-0.2, 0) is 0 Å². The monoisotopic (exact) mass is 338 g/mol. The molecule has 6 nitrogen and oxygen atoms in total. The van der Waals surface area contributed by atoms with E-state index in [1.54, 1.807) is 30.5 Å². The van der Waals surface area contributed by atoms with Crippen LogP contribution in [0.2, 0.25) is 0 Å². The van der Waals surface area contributed by atoms with E-state index < -0.39 is 11.7 Å². The second-order valence-corrected chi connectivity index (χ2v) is 5.17. The molecule has 0 saturated heterocycles. The molecule has 0 aliphatic rings. The highest BCUT2D eigenvalue weighted by Gasteiger charge is 2.21. The second kappa shape index (κ2) is 6.53. The van der Waals surface area contributed by atoms with Crippen LogP contribution in [-0.4, -0.2) is 28.9 Å². The number of anilines is 1. The van der Waals surface area contributed by atoms with Gasteiger partial charge in [-0.1, -0.05) is 12.0 Å². The predicted octanol–water partition coefficient (Wildman–Crippen LogP) is 2.09. The summed E-state index contributed by atoms with van der Waals surface area (Å²) in [4.78, 5) is 16.5. The fourth-order valence-corrected chi connectivity index (χ4v) is 2.60. The van der Waals surface area contributed by atoms with Crippen molar-refractivity contribution in [2.45, 2.75) is 0 Å². The molecule has 7 heteroatoms. The van der Waals surface area contributed by atoms with E-state index in [4.69, 9.17) is 16.9 Å². The van der Waals surface area contributed by atoms with Crippen molar-refractivity contribution in [1.82, 2.24) is 14.7 Å². The first kappa shape index (κ1) is 16.3. The number of nitrogens with zero attached hydrogens (tertiary/aromatic N) is 2. The zero-order chi connectivity index (χ0) is 18.0. The summed E-state index contributed by atoms with van der Waals surface area (Å²) >= 11 is 0. The number of methoxy groups -OCH3 is 1. The van der Waals surface area contributed by atoms with Crippen molar-refractivity contribution >= 4 is 17.4 Å². The number of nitrogen functional groups attached to an aromatic ring is 1. The van der Waals surface area contributed by atoms with Crippen LogP contribution < -0.4 is 15.8 Å². The van der Waals surface area contributed by atoms with Gasteiger partial charge in [0, 0.05) is 11.8 Å². The Bertz CT molecular complexity index is 1000. The second-order valence-electron chi connectivity index (χ2n) is 5.17. The Hall–Kier alpha value is -3.53. The highest BCUT2D eigenvalue weighted by molar-refractivity contribution is 5.99. The third-order valence-electron chi connectivity index (χ3n) is 3.72. The number of aromatic nitrogens is 2. The highest BCUT2D eigenvalue weighted by Crippen LogP contribution is 2.35. The van der Waals surface area contributed by atoms with Crippen molar-refractivity contribution in [2.75, 3.05) is 19.4 Å². The Labute approximate surface area is 143 Å². The molecule has 126 valence electrons. The zero-order valence-corrected chi connectivity index (χ0v) is 13.4. The number of nitrogens with one attached hydrogen (secondary N) is 1. The van der Waals surface area contributed by atoms with Crippen molar-refractivity contribution in [1.29, 1.82) is 0 Å². The number of pyridine rings is 1. The Kier molecular flexibility index (Phi) is 4.27. The minimum absolute atomic E-state index is 0.0259. The lowest BCUT2D eigenvalue weighted by molar-refractivity contribution is 0.0955. The van der Waals surface area contributed by atoms with Crippen LogP contribution in [0.4, 0.5) is 10.2 Å². The molecule has 0 fully saturated rings. The number of hydrogen-bond donors (Lipinski definition) is 2. The normalized spacial score (nSPS) is 10.4. The largest absolute Gasteiger partial charge is 0.496 e. The van der Waals surface area contributed by atoms with Gasteiger partial charge in [-0.05, 0) is 24.3 Å². The Morgan fingerprint density at radius 3 is 2.96 bits per heavy atom. The van der Waals surface area contributed by atoms with Crippen LogP contribution in [0.25, 0.3) is 16.8 Å². The van der Waals surface area contributed by atoms with Gasteiger partial charge >= 0.3 is 0 Å². The van der Waals surface area contributed by atoms with Crippen LogP contribution in [0.5, 0.6) is 5.75 Å². The number of amides is 1. The fraction of sp³-hybridized carbons (Fsp3) is 0.111. The summed E-state index contributed by atoms with van der Waals surface area (Å²) in [7, 11) is 1.46.